The van der Waals surface area contributed by atoms with E-state index in [1.165, 1.54) is 0 Å². The van der Waals surface area contributed by atoms with Gasteiger partial charge in [-0.25, -0.2) is 5.43 Å². The molecule has 25 heavy (non-hydrogen) atoms. The van der Waals surface area contributed by atoms with Crippen molar-refractivity contribution in [3.8, 4) is 5.75 Å². The first-order chi connectivity index (χ1) is 12.0. The van der Waals surface area contributed by atoms with E-state index in [-0.39, 0.29) is 5.91 Å². The van der Waals surface area contributed by atoms with Gasteiger partial charge in [-0.3, -0.25) is 4.79 Å². The highest BCUT2D eigenvalue weighted by molar-refractivity contribution is 9.10. The summed E-state index contributed by atoms with van der Waals surface area (Å²) in [6, 6.07) is 12.7. The number of hydrazone groups is 1. The van der Waals surface area contributed by atoms with Crippen molar-refractivity contribution in [2.75, 3.05) is 6.61 Å². The Bertz CT molecular complexity index is 764. The van der Waals surface area contributed by atoms with Crippen molar-refractivity contribution in [3.05, 3.63) is 62.5 Å². The maximum absolute atomic E-state index is 11.8. The Balaban J connectivity index is 1.73. The van der Waals surface area contributed by atoms with E-state index in [1.54, 1.807) is 18.2 Å². The lowest BCUT2D eigenvalue weighted by atomic mass is 10.1. The molecule has 0 spiro atoms. The molecule has 0 unspecified atom stereocenters. The van der Waals surface area contributed by atoms with Crippen LogP contribution in [0.1, 0.15) is 25.3 Å². The predicted molar refractivity (Wildman–Crippen MR) is 106 cm³/mol. The summed E-state index contributed by atoms with van der Waals surface area (Å²) in [7, 11) is 0. The summed E-state index contributed by atoms with van der Waals surface area (Å²) in [5.74, 6) is 0.387. The van der Waals surface area contributed by atoms with Gasteiger partial charge in [0.15, 0.2) is 0 Å². The summed E-state index contributed by atoms with van der Waals surface area (Å²) < 4.78 is 6.53. The van der Waals surface area contributed by atoms with Crippen LogP contribution in [0.25, 0.3) is 0 Å². The molecule has 2 rings (SSSR count). The molecule has 4 nitrogen and oxygen atoms in total. The van der Waals surface area contributed by atoms with Crippen molar-refractivity contribution in [3.63, 3.8) is 0 Å². The lowest BCUT2D eigenvalue weighted by Crippen LogP contribution is -2.19. The lowest BCUT2D eigenvalue weighted by molar-refractivity contribution is -0.121. The first-order valence-electron chi connectivity index (χ1n) is 7.62. The third-order valence-electron chi connectivity index (χ3n) is 3.31. The molecule has 0 aromatic heterocycles. The zero-order valence-corrected chi connectivity index (χ0v) is 16.7. The third-order valence-corrected chi connectivity index (χ3v) is 4.37. The van der Waals surface area contributed by atoms with Crippen molar-refractivity contribution < 1.29 is 9.53 Å². The molecule has 0 radical (unpaired) electrons. The maximum atomic E-state index is 11.8. The summed E-state index contributed by atoms with van der Waals surface area (Å²) in [6.45, 7) is 2.22. The van der Waals surface area contributed by atoms with Gasteiger partial charge in [-0.15, -0.1) is 0 Å². The molecule has 132 valence electrons. The number of rotatable bonds is 7. The van der Waals surface area contributed by atoms with Crippen LogP contribution in [0.4, 0.5) is 0 Å². The topological polar surface area (TPSA) is 50.7 Å². The zero-order valence-electron chi connectivity index (χ0n) is 13.6. The van der Waals surface area contributed by atoms with E-state index < -0.39 is 0 Å². The van der Waals surface area contributed by atoms with Gasteiger partial charge in [0.25, 0.3) is 0 Å². The average molecular weight is 444 g/mol. The van der Waals surface area contributed by atoms with E-state index in [1.807, 2.05) is 31.2 Å². The SMILES string of the molecule is CC(=NNC(=O)CCCOc1ccc(Cl)cc1Cl)c1ccc(Br)cc1. The third kappa shape index (κ3) is 6.69. The molecule has 0 heterocycles. The summed E-state index contributed by atoms with van der Waals surface area (Å²) in [5.41, 5.74) is 4.24. The number of hydrogen-bond acceptors (Lipinski definition) is 3. The number of carbonyl (C=O) groups excluding carboxylic acids is 1. The number of carbonyl (C=O) groups is 1. The number of amides is 1. The quantitative estimate of drug-likeness (QED) is 0.351. The molecule has 0 fully saturated rings. The van der Waals surface area contributed by atoms with Crippen LogP contribution in [0.15, 0.2) is 52.0 Å². The van der Waals surface area contributed by atoms with Gasteiger partial charge in [0.05, 0.1) is 17.3 Å². The van der Waals surface area contributed by atoms with Gasteiger partial charge in [0.1, 0.15) is 5.75 Å². The lowest BCUT2D eigenvalue weighted by Gasteiger charge is -2.08. The molecule has 0 aliphatic heterocycles. The van der Waals surface area contributed by atoms with Gasteiger partial charge in [0, 0.05) is 15.9 Å². The molecule has 2 aromatic rings. The number of nitrogens with zero attached hydrogens (tertiary/aromatic N) is 1. The fourth-order valence-corrected chi connectivity index (χ4v) is 2.69. The Morgan fingerprint density at radius 1 is 1.20 bits per heavy atom. The summed E-state index contributed by atoms with van der Waals surface area (Å²) >= 11 is 15.2. The fraction of sp³-hybridized carbons (Fsp3) is 0.222. The predicted octanol–water partition coefficient (Wildman–Crippen LogP) is 5.46. The molecular weight excluding hydrogens is 427 g/mol. The second kappa shape index (κ2) is 9.80. The van der Waals surface area contributed by atoms with E-state index >= 15 is 0 Å². The second-order valence-corrected chi connectivity index (χ2v) is 7.03. The van der Waals surface area contributed by atoms with E-state index in [4.69, 9.17) is 27.9 Å². The summed E-state index contributed by atoms with van der Waals surface area (Å²) in [6.07, 6.45) is 0.861. The molecule has 0 aliphatic rings. The van der Waals surface area contributed by atoms with Crippen LogP contribution in [0.3, 0.4) is 0 Å². The molecule has 0 bridgehead atoms. The Kier molecular flexibility index (Phi) is 7.75. The van der Waals surface area contributed by atoms with E-state index in [2.05, 4.69) is 26.5 Å². The van der Waals surface area contributed by atoms with Crippen LogP contribution in [-0.4, -0.2) is 18.2 Å². The van der Waals surface area contributed by atoms with Crippen LogP contribution in [0.2, 0.25) is 10.0 Å². The molecule has 1 N–H and O–H groups in total. The van der Waals surface area contributed by atoms with Crippen LogP contribution in [-0.2, 0) is 4.79 Å². The van der Waals surface area contributed by atoms with Crippen molar-refractivity contribution >= 4 is 50.8 Å². The first-order valence-corrected chi connectivity index (χ1v) is 9.17. The minimum absolute atomic E-state index is 0.165. The molecule has 2 aromatic carbocycles. The minimum atomic E-state index is -0.165. The minimum Gasteiger partial charge on any atom is -0.492 e. The van der Waals surface area contributed by atoms with Crippen LogP contribution >= 0.6 is 39.1 Å². The number of halogens is 3. The van der Waals surface area contributed by atoms with Gasteiger partial charge >= 0.3 is 0 Å². The van der Waals surface area contributed by atoms with Gasteiger partial charge in [-0.05, 0) is 49.2 Å². The highest BCUT2D eigenvalue weighted by atomic mass is 79.9. The standard InChI is InChI=1S/C18H17BrCl2N2O2/c1-12(13-4-6-14(19)7-5-13)22-23-18(24)3-2-10-25-17-9-8-15(20)11-16(17)21/h4-9,11H,2-3,10H2,1H3,(H,23,24). The Labute approximate surface area is 165 Å². The smallest absolute Gasteiger partial charge is 0.240 e. The number of hydrogen-bond donors (Lipinski definition) is 1. The molecule has 0 saturated carbocycles. The zero-order chi connectivity index (χ0) is 18.2. The Morgan fingerprint density at radius 2 is 1.92 bits per heavy atom. The molecule has 0 saturated heterocycles. The van der Waals surface area contributed by atoms with Crippen molar-refractivity contribution in [2.45, 2.75) is 19.8 Å². The van der Waals surface area contributed by atoms with Gasteiger partial charge in [0.2, 0.25) is 5.91 Å². The van der Waals surface area contributed by atoms with Crippen LogP contribution < -0.4 is 10.2 Å². The highest BCUT2D eigenvalue weighted by Gasteiger charge is 2.05. The fourth-order valence-electron chi connectivity index (χ4n) is 1.96. The van der Waals surface area contributed by atoms with E-state index in [0.29, 0.717) is 35.2 Å². The molecule has 0 aliphatic carbocycles. The van der Waals surface area contributed by atoms with Crippen LogP contribution in [0, 0.1) is 0 Å². The Hall–Kier alpha value is -1.56. The van der Waals surface area contributed by atoms with Crippen LogP contribution in [0.5, 0.6) is 5.75 Å². The molecule has 0 atom stereocenters. The first kappa shape index (κ1) is 19.8. The molecular formula is C18H17BrCl2N2O2. The van der Waals surface area contributed by atoms with E-state index in [9.17, 15) is 4.79 Å². The number of benzene rings is 2. The molecule has 1 amide bonds. The van der Waals surface area contributed by atoms with Gasteiger partial charge < -0.3 is 4.74 Å². The van der Waals surface area contributed by atoms with Gasteiger partial charge in [-0.2, -0.15) is 5.10 Å². The number of nitrogens with one attached hydrogen (secondary N) is 1. The average Bonchev–Trinajstić information content (AvgIpc) is 2.58. The second-order valence-electron chi connectivity index (χ2n) is 5.27. The van der Waals surface area contributed by atoms with Crippen molar-refractivity contribution in [1.82, 2.24) is 5.43 Å². The molecule has 7 heteroatoms. The largest absolute Gasteiger partial charge is 0.492 e. The monoisotopic (exact) mass is 442 g/mol. The van der Waals surface area contributed by atoms with Gasteiger partial charge in [-0.1, -0.05) is 51.3 Å². The van der Waals surface area contributed by atoms with E-state index in [0.717, 1.165) is 15.7 Å². The van der Waals surface area contributed by atoms with Crippen molar-refractivity contribution in [1.29, 1.82) is 0 Å². The maximum Gasteiger partial charge on any atom is 0.240 e. The summed E-state index contributed by atoms with van der Waals surface area (Å²) in [5, 5.41) is 5.11. The summed E-state index contributed by atoms with van der Waals surface area (Å²) in [4.78, 5) is 11.8. The Morgan fingerprint density at radius 3 is 2.60 bits per heavy atom. The normalized spacial score (nSPS) is 11.3. The number of ether oxygens (including phenoxy) is 1. The van der Waals surface area contributed by atoms with Crippen molar-refractivity contribution in [2.24, 2.45) is 5.10 Å². The highest BCUT2D eigenvalue weighted by Crippen LogP contribution is 2.27.